The minimum atomic E-state index is -0.934. The smallest absolute Gasteiger partial charge is 0.412 e. The first kappa shape index (κ1) is 24.8. The quantitative estimate of drug-likeness (QED) is 0.179. The van der Waals surface area contributed by atoms with Gasteiger partial charge in [0.05, 0.1) is 12.3 Å². The van der Waals surface area contributed by atoms with E-state index in [1.165, 1.54) is 11.6 Å². The molecule has 2 rings (SSSR count). The third kappa shape index (κ3) is 8.32. The molecule has 1 atom stereocenters. The van der Waals surface area contributed by atoms with Crippen LogP contribution in [-0.2, 0) is 9.53 Å². The number of hydrogen-bond acceptors (Lipinski definition) is 6. The summed E-state index contributed by atoms with van der Waals surface area (Å²) in [4.78, 5) is 23.3. The lowest BCUT2D eigenvalue weighted by Crippen LogP contribution is -2.18. The van der Waals surface area contributed by atoms with Crippen LogP contribution in [0.15, 0.2) is 54.6 Å². The van der Waals surface area contributed by atoms with E-state index in [2.05, 4.69) is 5.32 Å². The first-order valence-corrected chi connectivity index (χ1v) is 9.80. The number of ether oxygens (including phenoxy) is 2. The van der Waals surface area contributed by atoms with Crippen LogP contribution in [-0.4, -0.2) is 35.5 Å². The summed E-state index contributed by atoms with van der Waals surface area (Å²) in [7, 11) is 0. The van der Waals surface area contributed by atoms with Gasteiger partial charge in [0, 0.05) is 12.1 Å². The van der Waals surface area contributed by atoms with E-state index in [1.54, 1.807) is 30.3 Å². The van der Waals surface area contributed by atoms with E-state index in [0.717, 1.165) is 12.1 Å². The number of hydrogen-bond donors (Lipinski definition) is 4. The second-order valence-electron chi connectivity index (χ2n) is 6.59. The van der Waals surface area contributed by atoms with Crippen LogP contribution >= 0.6 is 0 Å². The fourth-order valence-corrected chi connectivity index (χ4v) is 2.74. The average Bonchev–Trinajstić information content (AvgIpc) is 2.78. The number of amides is 2. The molecule has 4 N–H and O–H groups in total. The molecule has 0 aliphatic heterocycles. The largest absolute Gasteiger partial charge is 0.491 e. The number of halogens is 2. The molecule has 10 heteroatoms. The lowest BCUT2D eigenvalue weighted by molar-refractivity contribution is -0.124. The van der Waals surface area contributed by atoms with Crippen molar-refractivity contribution in [3.05, 3.63) is 71.8 Å². The number of carbonyl (C=O) groups is 2. The minimum Gasteiger partial charge on any atom is -0.491 e. The van der Waals surface area contributed by atoms with Crippen molar-refractivity contribution in [3.63, 3.8) is 0 Å². The Morgan fingerprint density at radius 3 is 2.53 bits per heavy atom. The topological polar surface area (TPSA) is 117 Å². The highest BCUT2D eigenvalue weighted by atomic mass is 19.1. The third-order valence-corrected chi connectivity index (χ3v) is 4.25. The number of anilines is 1. The molecule has 0 spiro atoms. The number of benzene rings is 2. The second-order valence-corrected chi connectivity index (χ2v) is 6.59. The SMILES string of the molecule is O=C(/C=C/CCC[C@@H](OC(=O)Nc1ccc(F)cc1F)c1ccc(OCCO)cc1)NO. The average molecular weight is 450 g/mol. The summed E-state index contributed by atoms with van der Waals surface area (Å²) in [5, 5.41) is 19.6. The van der Waals surface area contributed by atoms with Crippen LogP contribution in [0.3, 0.4) is 0 Å². The van der Waals surface area contributed by atoms with E-state index in [1.807, 2.05) is 0 Å². The summed E-state index contributed by atoms with van der Waals surface area (Å²) in [6.45, 7) is 0.00803. The van der Waals surface area contributed by atoms with Gasteiger partial charge in [-0.15, -0.1) is 0 Å². The van der Waals surface area contributed by atoms with Crippen LogP contribution in [0.5, 0.6) is 5.75 Å². The van der Waals surface area contributed by atoms with Crippen LogP contribution in [0.2, 0.25) is 0 Å². The maximum atomic E-state index is 13.8. The number of allylic oxidation sites excluding steroid dienone is 1. The van der Waals surface area contributed by atoms with Crippen molar-refractivity contribution >= 4 is 17.7 Å². The molecule has 0 unspecified atom stereocenters. The Balaban J connectivity index is 2.05. The predicted octanol–water partition coefficient (Wildman–Crippen LogP) is 3.86. The third-order valence-electron chi connectivity index (χ3n) is 4.25. The van der Waals surface area contributed by atoms with Crippen molar-refractivity contribution in [1.82, 2.24) is 5.48 Å². The Bertz CT molecular complexity index is 921. The van der Waals surface area contributed by atoms with E-state index in [-0.39, 0.29) is 18.9 Å². The lowest BCUT2D eigenvalue weighted by atomic mass is 10.0. The van der Waals surface area contributed by atoms with Gasteiger partial charge in [0.15, 0.2) is 0 Å². The zero-order valence-electron chi connectivity index (χ0n) is 17.1. The Hall–Kier alpha value is -3.50. The van der Waals surface area contributed by atoms with E-state index in [4.69, 9.17) is 19.8 Å². The van der Waals surface area contributed by atoms with Gasteiger partial charge in [0.1, 0.15) is 30.1 Å². The van der Waals surface area contributed by atoms with Gasteiger partial charge >= 0.3 is 6.09 Å². The molecular formula is C22H24F2N2O6. The number of carbonyl (C=O) groups excluding carboxylic acids is 2. The monoisotopic (exact) mass is 450 g/mol. The van der Waals surface area contributed by atoms with E-state index < -0.39 is 29.7 Å². The lowest BCUT2D eigenvalue weighted by Gasteiger charge is -2.19. The number of aliphatic hydroxyl groups is 1. The van der Waals surface area contributed by atoms with Crippen molar-refractivity contribution in [2.45, 2.75) is 25.4 Å². The van der Waals surface area contributed by atoms with Crippen LogP contribution in [0.25, 0.3) is 0 Å². The van der Waals surface area contributed by atoms with Gasteiger partial charge in [-0.2, -0.15) is 0 Å². The molecule has 0 radical (unpaired) electrons. The summed E-state index contributed by atoms with van der Waals surface area (Å²) in [5.74, 6) is -1.84. The minimum absolute atomic E-state index is 0.130. The molecular weight excluding hydrogens is 426 g/mol. The fourth-order valence-electron chi connectivity index (χ4n) is 2.74. The van der Waals surface area contributed by atoms with Crippen molar-refractivity contribution in [1.29, 1.82) is 0 Å². The highest BCUT2D eigenvalue weighted by Crippen LogP contribution is 2.27. The summed E-state index contributed by atoms with van der Waals surface area (Å²) in [5.41, 5.74) is 1.91. The molecule has 0 fully saturated rings. The molecule has 0 aromatic heterocycles. The summed E-state index contributed by atoms with van der Waals surface area (Å²) < 4.78 is 37.6. The van der Waals surface area contributed by atoms with Crippen molar-refractivity contribution in [2.24, 2.45) is 0 Å². The highest BCUT2D eigenvalue weighted by molar-refractivity contribution is 5.86. The fraction of sp³-hybridized carbons (Fsp3) is 0.273. The molecule has 2 amide bonds. The van der Waals surface area contributed by atoms with Crippen LogP contribution in [0, 0.1) is 11.6 Å². The molecule has 2 aromatic carbocycles. The van der Waals surface area contributed by atoms with Gasteiger partial charge in [-0.25, -0.2) is 19.1 Å². The molecule has 0 aliphatic carbocycles. The first-order valence-electron chi connectivity index (χ1n) is 9.80. The summed E-state index contributed by atoms with van der Waals surface area (Å²) in [6.07, 6.45) is 2.48. The Labute approximate surface area is 183 Å². The molecule has 0 saturated heterocycles. The van der Waals surface area contributed by atoms with Crippen LogP contribution in [0.4, 0.5) is 19.3 Å². The molecule has 0 heterocycles. The van der Waals surface area contributed by atoms with Crippen LogP contribution in [0.1, 0.15) is 30.9 Å². The molecule has 8 nitrogen and oxygen atoms in total. The van der Waals surface area contributed by atoms with Crippen molar-refractivity contribution in [2.75, 3.05) is 18.5 Å². The van der Waals surface area contributed by atoms with E-state index in [0.29, 0.717) is 36.6 Å². The van der Waals surface area contributed by atoms with Crippen molar-refractivity contribution < 1.29 is 38.2 Å². The van der Waals surface area contributed by atoms with Gasteiger partial charge in [-0.05, 0) is 49.1 Å². The Morgan fingerprint density at radius 1 is 1.12 bits per heavy atom. The number of nitrogens with one attached hydrogen (secondary N) is 2. The summed E-state index contributed by atoms with van der Waals surface area (Å²) >= 11 is 0. The van der Waals surface area contributed by atoms with Crippen molar-refractivity contribution in [3.8, 4) is 5.75 Å². The zero-order valence-corrected chi connectivity index (χ0v) is 17.1. The van der Waals surface area contributed by atoms with Gasteiger partial charge < -0.3 is 14.6 Å². The maximum Gasteiger partial charge on any atom is 0.412 e. The molecule has 0 aliphatic rings. The Morgan fingerprint density at radius 2 is 1.88 bits per heavy atom. The second kappa shape index (κ2) is 13.0. The zero-order chi connectivity index (χ0) is 23.3. The van der Waals surface area contributed by atoms with E-state index in [9.17, 15) is 18.4 Å². The van der Waals surface area contributed by atoms with Crippen LogP contribution < -0.4 is 15.5 Å². The Kier molecular flexibility index (Phi) is 10.1. The molecule has 0 bridgehead atoms. The van der Waals surface area contributed by atoms with Gasteiger partial charge in [0.2, 0.25) is 0 Å². The summed E-state index contributed by atoms with van der Waals surface area (Å²) in [6, 6.07) is 9.44. The number of aliphatic hydroxyl groups excluding tert-OH is 1. The molecule has 2 aromatic rings. The van der Waals surface area contributed by atoms with E-state index >= 15 is 0 Å². The van der Waals surface area contributed by atoms with Gasteiger partial charge in [-0.1, -0.05) is 18.2 Å². The molecule has 32 heavy (non-hydrogen) atoms. The normalized spacial score (nSPS) is 11.8. The number of rotatable bonds is 11. The molecule has 172 valence electrons. The van der Waals surface area contributed by atoms with Gasteiger partial charge in [0.25, 0.3) is 5.91 Å². The number of unbranched alkanes of at least 4 members (excludes halogenated alkanes) is 1. The number of hydroxylamine groups is 1. The standard InChI is InChI=1S/C22H24F2N2O6/c23-16-8-11-19(18(24)14-16)25-22(29)32-20(4-2-1-3-5-21(28)26-30)15-6-9-17(10-7-15)31-13-12-27/h3,5-11,14,20,27,30H,1-2,4,12-13H2,(H,25,29)(H,26,28)/b5-3+/t20-/m1/s1. The van der Waals surface area contributed by atoms with Gasteiger partial charge in [-0.3, -0.25) is 15.3 Å². The first-order chi connectivity index (χ1) is 15.4. The predicted molar refractivity (Wildman–Crippen MR) is 111 cm³/mol. The highest BCUT2D eigenvalue weighted by Gasteiger charge is 2.18. The molecule has 0 saturated carbocycles. The maximum absolute atomic E-state index is 13.8.